The van der Waals surface area contributed by atoms with Crippen molar-refractivity contribution >= 4 is 34.7 Å². The van der Waals surface area contributed by atoms with Gasteiger partial charge in [0.05, 0.1) is 18.7 Å². The fourth-order valence-corrected chi connectivity index (χ4v) is 3.80. The van der Waals surface area contributed by atoms with Gasteiger partial charge in [0.25, 0.3) is 11.7 Å². The number of benzene rings is 2. The second-order valence-corrected chi connectivity index (χ2v) is 7.52. The number of hydrogen-bond acceptors (Lipinski definition) is 5. The lowest BCUT2D eigenvalue weighted by Gasteiger charge is -2.26. The number of Topliss-reactive ketones (excluding diaryl/α,β-unsaturated/α-hetero) is 1. The largest absolute Gasteiger partial charge is 0.507 e. The van der Waals surface area contributed by atoms with E-state index >= 15 is 0 Å². The molecule has 2 aromatic carbocycles. The fraction of sp³-hybridized carbons (Fsp3) is 0.125. The quantitative estimate of drug-likeness (QED) is 0.366. The first-order valence-corrected chi connectivity index (χ1v) is 9.91. The molecule has 0 spiro atoms. The normalized spacial score (nSPS) is 17.8. The third-order valence-electron chi connectivity index (χ3n) is 5.24. The van der Waals surface area contributed by atoms with E-state index in [1.807, 2.05) is 6.92 Å². The van der Waals surface area contributed by atoms with Gasteiger partial charge >= 0.3 is 0 Å². The zero-order chi connectivity index (χ0) is 22.1. The molecule has 0 bridgehead atoms. The molecule has 0 radical (unpaired) electrons. The van der Waals surface area contributed by atoms with Crippen molar-refractivity contribution in [2.24, 2.45) is 0 Å². The number of aryl methyl sites for hydroxylation is 1. The number of rotatable bonds is 4. The summed E-state index contributed by atoms with van der Waals surface area (Å²) in [7, 11) is 1.53. The summed E-state index contributed by atoms with van der Waals surface area (Å²) in [6.45, 7) is 1.85. The SMILES string of the molecule is COc1cccc(C2/C(=C(\O)c3ccncc3)C(=O)C(=O)N2c2ccc(C)c(Cl)c2)c1. The van der Waals surface area contributed by atoms with E-state index in [2.05, 4.69) is 4.98 Å². The molecule has 6 nitrogen and oxygen atoms in total. The van der Waals surface area contributed by atoms with E-state index < -0.39 is 17.7 Å². The topological polar surface area (TPSA) is 79.7 Å². The number of aromatic nitrogens is 1. The van der Waals surface area contributed by atoms with Gasteiger partial charge in [0.2, 0.25) is 0 Å². The van der Waals surface area contributed by atoms with Crippen molar-refractivity contribution in [1.82, 2.24) is 4.98 Å². The number of pyridine rings is 1. The Hall–Kier alpha value is -3.64. The summed E-state index contributed by atoms with van der Waals surface area (Å²) < 4.78 is 5.33. The van der Waals surface area contributed by atoms with E-state index in [9.17, 15) is 14.7 Å². The average Bonchev–Trinajstić information content (AvgIpc) is 3.06. The fourth-order valence-electron chi connectivity index (χ4n) is 3.62. The summed E-state index contributed by atoms with van der Waals surface area (Å²) in [6.07, 6.45) is 3.01. The van der Waals surface area contributed by atoms with Crippen molar-refractivity contribution < 1.29 is 19.4 Å². The lowest BCUT2D eigenvalue weighted by atomic mass is 9.95. The minimum atomic E-state index is -0.859. The van der Waals surface area contributed by atoms with Crippen LogP contribution in [0, 0.1) is 6.92 Å². The van der Waals surface area contributed by atoms with Gasteiger partial charge in [-0.25, -0.2) is 0 Å². The van der Waals surface area contributed by atoms with Crippen LogP contribution in [0.5, 0.6) is 5.75 Å². The lowest BCUT2D eigenvalue weighted by Crippen LogP contribution is -2.29. The number of ketones is 1. The molecule has 1 aliphatic heterocycles. The van der Waals surface area contributed by atoms with Gasteiger partial charge in [0.1, 0.15) is 11.5 Å². The standard InChI is InChI=1S/C24H19ClN2O4/c1-14-6-7-17(13-19(14)25)27-21(16-4-3-5-18(12-16)31-2)20(23(29)24(27)30)22(28)15-8-10-26-11-9-15/h3-13,21,28H,1-2H3/b22-20+. The average molecular weight is 435 g/mol. The zero-order valence-electron chi connectivity index (χ0n) is 16.9. The van der Waals surface area contributed by atoms with Crippen molar-refractivity contribution in [1.29, 1.82) is 0 Å². The number of carbonyl (C=O) groups excluding carboxylic acids is 2. The number of anilines is 1. The van der Waals surface area contributed by atoms with Crippen molar-refractivity contribution in [2.45, 2.75) is 13.0 Å². The van der Waals surface area contributed by atoms with Crippen LogP contribution in [0.1, 0.15) is 22.7 Å². The van der Waals surface area contributed by atoms with Gasteiger partial charge in [-0.05, 0) is 54.4 Å². The van der Waals surface area contributed by atoms with Gasteiger partial charge in [-0.3, -0.25) is 19.5 Å². The molecular weight excluding hydrogens is 416 g/mol. The van der Waals surface area contributed by atoms with Crippen LogP contribution in [0.3, 0.4) is 0 Å². The molecule has 3 aromatic rings. The Balaban J connectivity index is 1.97. The highest BCUT2D eigenvalue weighted by Gasteiger charge is 2.47. The summed E-state index contributed by atoms with van der Waals surface area (Å²) in [5, 5.41) is 11.5. The number of aliphatic hydroxyl groups excluding tert-OH is 1. The number of nitrogens with zero attached hydrogens (tertiary/aromatic N) is 2. The maximum atomic E-state index is 13.1. The highest BCUT2D eigenvalue weighted by Crippen LogP contribution is 2.43. The highest BCUT2D eigenvalue weighted by atomic mass is 35.5. The van der Waals surface area contributed by atoms with Crippen LogP contribution in [-0.4, -0.2) is 28.9 Å². The van der Waals surface area contributed by atoms with Gasteiger partial charge in [-0.2, -0.15) is 0 Å². The molecular formula is C24H19ClN2O4. The van der Waals surface area contributed by atoms with Crippen LogP contribution < -0.4 is 9.64 Å². The lowest BCUT2D eigenvalue weighted by molar-refractivity contribution is -0.132. The Morgan fingerprint density at radius 1 is 1.10 bits per heavy atom. The summed E-state index contributed by atoms with van der Waals surface area (Å²) >= 11 is 6.30. The second-order valence-electron chi connectivity index (χ2n) is 7.12. The molecule has 156 valence electrons. The van der Waals surface area contributed by atoms with E-state index in [0.717, 1.165) is 5.56 Å². The van der Waals surface area contributed by atoms with Crippen molar-refractivity contribution in [3.63, 3.8) is 0 Å². The number of methoxy groups -OCH3 is 1. The summed E-state index contributed by atoms with van der Waals surface area (Å²) in [6, 6.07) is 14.5. The summed E-state index contributed by atoms with van der Waals surface area (Å²) in [5.41, 5.74) is 2.30. The molecule has 7 heteroatoms. The van der Waals surface area contributed by atoms with E-state index in [4.69, 9.17) is 16.3 Å². The van der Waals surface area contributed by atoms with Crippen molar-refractivity contribution in [2.75, 3.05) is 12.0 Å². The first kappa shape index (κ1) is 20.6. The molecule has 31 heavy (non-hydrogen) atoms. The highest BCUT2D eigenvalue weighted by molar-refractivity contribution is 6.51. The predicted octanol–water partition coefficient (Wildman–Crippen LogP) is 4.68. The Morgan fingerprint density at radius 3 is 2.52 bits per heavy atom. The Bertz CT molecular complexity index is 1210. The van der Waals surface area contributed by atoms with Gasteiger partial charge in [0.15, 0.2) is 0 Å². The van der Waals surface area contributed by atoms with Crippen molar-refractivity contribution in [3.8, 4) is 5.75 Å². The van der Waals surface area contributed by atoms with Crippen LogP contribution in [-0.2, 0) is 9.59 Å². The van der Waals surface area contributed by atoms with Gasteiger partial charge in [0, 0.05) is 28.7 Å². The third-order valence-corrected chi connectivity index (χ3v) is 5.65. The molecule has 2 heterocycles. The number of amides is 1. The molecule has 1 amide bonds. The predicted molar refractivity (Wildman–Crippen MR) is 118 cm³/mol. The first-order valence-electron chi connectivity index (χ1n) is 9.54. The second kappa shape index (κ2) is 8.24. The molecule has 1 aromatic heterocycles. The minimum absolute atomic E-state index is 0.0128. The summed E-state index contributed by atoms with van der Waals surface area (Å²) in [4.78, 5) is 31.5. The zero-order valence-corrected chi connectivity index (χ0v) is 17.6. The number of ether oxygens (including phenoxy) is 1. The molecule has 0 aliphatic carbocycles. The third kappa shape index (κ3) is 3.66. The Morgan fingerprint density at radius 2 is 1.84 bits per heavy atom. The number of halogens is 1. The number of hydrogen-bond donors (Lipinski definition) is 1. The molecule has 0 saturated carbocycles. The van der Waals surface area contributed by atoms with Gasteiger partial charge in [-0.1, -0.05) is 29.8 Å². The molecule has 1 N–H and O–H groups in total. The molecule has 1 fully saturated rings. The van der Waals surface area contributed by atoms with Crippen molar-refractivity contribution in [3.05, 3.63) is 94.3 Å². The van der Waals surface area contributed by atoms with Crippen LogP contribution in [0.2, 0.25) is 5.02 Å². The van der Waals surface area contributed by atoms with E-state index in [1.54, 1.807) is 54.6 Å². The van der Waals surface area contributed by atoms with E-state index in [0.29, 0.717) is 27.6 Å². The summed E-state index contributed by atoms with van der Waals surface area (Å²) in [5.74, 6) is -1.23. The van der Waals surface area contributed by atoms with Gasteiger partial charge < -0.3 is 9.84 Å². The molecule has 4 rings (SSSR count). The smallest absolute Gasteiger partial charge is 0.300 e. The maximum Gasteiger partial charge on any atom is 0.300 e. The molecule has 1 atom stereocenters. The molecule has 1 saturated heterocycles. The van der Waals surface area contributed by atoms with Crippen LogP contribution in [0.25, 0.3) is 5.76 Å². The van der Waals surface area contributed by atoms with Crippen LogP contribution in [0.15, 0.2) is 72.6 Å². The van der Waals surface area contributed by atoms with E-state index in [1.165, 1.54) is 24.4 Å². The number of carbonyl (C=O) groups is 2. The monoisotopic (exact) mass is 434 g/mol. The Labute approximate surface area is 184 Å². The molecule has 1 unspecified atom stereocenters. The Kier molecular flexibility index (Phi) is 5.48. The molecule has 1 aliphatic rings. The number of aliphatic hydroxyl groups is 1. The van der Waals surface area contributed by atoms with Crippen LogP contribution >= 0.6 is 11.6 Å². The van der Waals surface area contributed by atoms with Crippen LogP contribution in [0.4, 0.5) is 5.69 Å². The van der Waals surface area contributed by atoms with Gasteiger partial charge in [-0.15, -0.1) is 0 Å². The maximum absolute atomic E-state index is 13.1. The van der Waals surface area contributed by atoms with E-state index in [-0.39, 0.29) is 11.3 Å². The minimum Gasteiger partial charge on any atom is -0.507 e. The first-order chi connectivity index (χ1) is 14.9.